The summed E-state index contributed by atoms with van der Waals surface area (Å²) >= 11 is 0. The minimum atomic E-state index is -5.82. The van der Waals surface area contributed by atoms with E-state index in [0.717, 1.165) is 17.5 Å². The van der Waals surface area contributed by atoms with Gasteiger partial charge in [-0.25, -0.2) is 0 Å². The standard InChI is InChI=1S/C32H31F2N6O7P/c1-18(41)39-13-11-25-7-9-28(30(43)36-24-6-8-26-20(16-24)10-12-35-38-26)40(25)31(44)27(17-39)37-29(42)21-3-2-19-4-5-23(15-22(19)14-21)32(33,34)48(45,46)47/h2-6,8,10,12,14-16,25,27-28H,7,9,11,13,17H2,1H3,(H,36,43)(H,37,42)(H2,45,46,47)/t25-,27+,28+/m1/s1. The SMILES string of the molecule is CC(=O)N1CC[C@H]2CC[C@@H](C(=O)Nc3ccc4nnccc4c3)N2C(=O)[C@@H](NC(=O)c2ccc3ccc(C(F)(F)P(=O)(O)O)cc3c2)C1. The normalized spacial score (nSPS) is 20.3. The lowest BCUT2D eigenvalue weighted by Gasteiger charge is -2.38. The molecular formula is C32H31F2N6O7P. The third kappa shape index (κ3) is 6.36. The van der Waals surface area contributed by atoms with Crippen molar-refractivity contribution in [3.8, 4) is 0 Å². The molecule has 2 fully saturated rings. The van der Waals surface area contributed by atoms with Crippen molar-refractivity contribution in [2.45, 2.75) is 50.0 Å². The highest BCUT2D eigenvalue weighted by molar-refractivity contribution is 7.52. The van der Waals surface area contributed by atoms with Gasteiger partial charge in [0.25, 0.3) is 5.91 Å². The van der Waals surface area contributed by atoms with Crippen molar-refractivity contribution in [2.75, 3.05) is 18.4 Å². The number of benzene rings is 3. The summed E-state index contributed by atoms with van der Waals surface area (Å²) < 4.78 is 40.2. The smallest absolute Gasteiger partial charge is 0.340 e. The Kier molecular flexibility index (Phi) is 8.71. The second-order valence-corrected chi connectivity index (χ2v) is 13.6. The van der Waals surface area contributed by atoms with Crippen molar-refractivity contribution in [1.29, 1.82) is 0 Å². The summed E-state index contributed by atoms with van der Waals surface area (Å²) in [5.41, 5.74) is -4.23. The van der Waals surface area contributed by atoms with E-state index < -0.39 is 48.6 Å². The number of alkyl halides is 2. The van der Waals surface area contributed by atoms with Gasteiger partial charge in [-0.3, -0.25) is 23.7 Å². The van der Waals surface area contributed by atoms with Crippen molar-refractivity contribution < 1.29 is 42.3 Å². The first-order valence-corrected chi connectivity index (χ1v) is 16.7. The molecule has 3 aromatic carbocycles. The summed E-state index contributed by atoms with van der Waals surface area (Å²) in [5.74, 6) is -2.00. The first kappa shape index (κ1) is 33.1. The van der Waals surface area contributed by atoms with Crippen LogP contribution in [0.5, 0.6) is 0 Å². The number of anilines is 1. The lowest BCUT2D eigenvalue weighted by molar-refractivity contribution is -0.143. The van der Waals surface area contributed by atoms with Gasteiger partial charge in [-0.05, 0) is 72.5 Å². The van der Waals surface area contributed by atoms with Crippen LogP contribution in [-0.4, -0.2) is 84.6 Å². The van der Waals surface area contributed by atoms with Gasteiger partial charge in [0.1, 0.15) is 12.1 Å². The Hall–Kier alpha value is -4.85. The van der Waals surface area contributed by atoms with E-state index in [1.165, 1.54) is 47.2 Å². The average Bonchev–Trinajstić information content (AvgIpc) is 3.47. The molecule has 4 N–H and O–H groups in total. The van der Waals surface area contributed by atoms with Gasteiger partial charge in [-0.1, -0.05) is 18.2 Å². The molecule has 0 saturated carbocycles. The minimum Gasteiger partial charge on any atom is -0.340 e. The highest BCUT2D eigenvalue weighted by Gasteiger charge is 2.50. The fourth-order valence-corrected chi connectivity index (χ4v) is 6.78. The van der Waals surface area contributed by atoms with Crippen LogP contribution in [0.25, 0.3) is 21.7 Å². The largest absolute Gasteiger partial charge is 0.399 e. The van der Waals surface area contributed by atoms with Gasteiger partial charge in [-0.15, -0.1) is 0 Å². The van der Waals surface area contributed by atoms with Gasteiger partial charge >= 0.3 is 13.3 Å². The van der Waals surface area contributed by atoms with E-state index in [1.807, 2.05) is 0 Å². The summed E-state index contributed by atoms with van der Waals surface area (Å²) in [4.78, 5) is 75.0. The molecule has 2 aliphatic heterocycles. The molecule has 2 aliphatic rings. The average molecular weight is 681 g/mol. The van der Waals surface area contributed by atoms with Crippen molar-refractivity contribution in [1.82, 2.24) is 25.3 Å². The molecule has 0 aliphatic carbocycles. The van der Waals surface area contributed by atoms with Crippen LogP contribution in [0, 0.1) is 0 Å². The van der Waals surface area contributed by atoms with E-state index in [4.69, 9.17) is 9.79 Å². The molecule has 4 amide bonds. The van der Waals surface area contributed by atoms with E-state index in [2.05, 4.69) is 20.8 Å². The Morgan fingerprint density at radius 3 is 2.48 bits per heavy atom. The molecule has 6 rings (SSSR count). The summed E-state index contributed by atoms with van der Waals surface area (Å²) in [6, 6.07) is 11.7. The molecule has 0 bridgehead atoms. The Bertz CT molecular complexity index is 2010. The van der Waals surface area contributed by atoms with E-state index in [0.29, 0.717) is 42.4 Å². The van der Waals surface area contributed by atoms with Crippen LogP contribution in [0.4, 0.5) is 14.5 Å². The quantitative estimate of drug-likeness (QED) is 0.222. The third-order valence-corrected chi connectivity index (χ3v) is 9.83. The summed E-state index contributed by atoms with van der Waals surface area (Å²) in [5, 5.41) is 14.7. The maximum Gasteiger partial charge on any atom is 0.399 e. The predicted octanol–water partition coefficient (Wildman–Crippen LogP) is 3.36. The number of hydrogen-bond acceptors (Lipinski definition) is 7. The van der Waals surface area contributed by atoms with Crippen LogP contribution in [0.1, 0.15) is 42.1 Å². The van der Waals surface area contributed by atoms with E-state index in [9.17, 15) is 32.5 Å². The van der Waals surface area contributed by atoms with E-state index >= 15 is 0 Å². The zero-order chi connectivity index (χ0) is 34.4. The molecule has 0 unspecified atom stereocenters. The zero-order valence-corrected chi connectivity index (χ0v) is 26.4. The fourth-order valence-electron chi connectivity index (χ4n) is 6.30. The van der Waals surface area contributed by atoms with Crippen LogP contribution in [0.3, 0.4) is 0 Å². The third-order valence-electron chi connectivity index (χ3n) is 8.84. The van der Waals surface area contributed by atoms with E-state index in [1.54, 1.807) is 24.3 Å². The van der Waals surface area contributed by atoms with Crippen molar-refractivity contribution in [3.05, 3.63) is 78.0 Å². The number of amides is 4. The van der Waals surface area contributed by atoms with Gasteiger partial charge in [0.15, 0.2) is 0 Å². The van der Waals surface area contributed by atoms with Gasteiger partial charge < -0.3 is 30.2 Å². The number of fused-ring (bicyclic) bond motifs is 3. The van der Waals surface area contributed by atoms with Gasteiger partial charge in [0.2, 0.25) is 17.7 Å². The monoisotopic (exact) mass is 680 g/mol. The molecule has 3 heterocycles. The summed E-state index contributed by atoms with van der Waals surface area (Å²) in [7, 11) is -5.82. The van der Waals surface area contributed by atoms with Crippen molar-refractivity contribution in [2.24, 2.45) is 0 Å². The molecule has 0 spiro atoms. The predicted molar refractivity (Wildman–Crippen MR) is 170 cm³/mol. The number of nitrogens with zero attached hydrogens (tertiary/aromatic N) is 4. The molecule has 16 heteroatoms. The number of rotatable bonds is 6. The highest BCUT2D eigenvalue weighted by Crippen LogP contribution is 2.59. The number of carbonyl (C=O) groups excluding carboxylic acids is 4. The summed E-state index contributed by atoms with van der Waals surface area (Å²) in [6.07, 6.45) is 2.86. The Labute approximate surface area is 272 Å². The molecule has 2 saturated heterocycles. The molecule has 48 heavy (non-hydrogen) atoms. The van der Waals surface area contributed by atoms with Crippen LogP contribution >= 0.6 is 7.60 Å². The second kappa shape index (κ2) is 12.6. The van der Waals surface area contributed by atoms with Crippen LogP contribution < -0.4 is 10.6 Å². The van der Waals surface area contributed by atoms with Gasteiger partial charge in [0.05, 0.1) is 11.7 Å². The summed E-state index contributed by atoms with van der Waals surface area (Å²) in [6.45, 7) is 1.50. The van der Waals surface area contributed by atoms with Gasteiger partial charge in [0, 0.05) is 48.3 Å². The van der Waals surface area contributed by atoms with Crippen LogP contribution in [0.15, 0.2) is 66.9 Å². The molecule has 1 aromatic heterocycles. The molecular weight excluding hydrogens is 649 g/mol. The molecule has 0 radical (unpaired) electrons. The number of aromatic nitrogens is 2. The fraction of sp³-hybridized carbons (Fsp3) is 0.312. The highest BCUT2D eigenvalue weighted by atomic mass is 31.2. The number of nitrogens with one attached hydrogen (secondary N) is 2. The molecule has 250 valence electrons. The molecule has 3 atom stereocenters. The lowest BCUT2D eigenvalue weighted by Crippen LogP contribution is -2.60. The van der Waals surface area contributed by atoms with Crippen molar-refractivity contribution in [3.63, 3.8) is 0 Å². The Morgan fingerprint density at radius 2 is 1.73 bits per heavy atom. The maximum absolute atomic E-state index is 14.4. The zero-order valence-electron chi connectivity index (χ0n) is 25.5. The van der Waals surface area contributed by atoms with Crippen molar-refractivity contribution >= 4 is 58.6 Å². The minimum absolute atomic E-state index is 0.0170. The molecule has 13 nitrogen and oxygen atoms in total. The topological polar surface area (TPSA) is 182 Å². The first-order valence-electron chi connectivity index (χ1n) is 15.1. The molecule has 4 aromatic rings. The van der Waals surface area contributed by atoms with Crippen LogP contribution in [0.2, 0.25) is 0 Å². The Morgan fingerprint density at radius 1 is 0.958 bits per heavy atom. The van der Waals surface area contributed by atoms with Gasteiger partial charge in [-0.2, -0.15) is 19.0 Å². The number of carbonyl (C=O) groups is 4. The number of hydrogen-bond donors (Lipinski definition) is 4. The first-order chi connectivity index (χ1) is 22.7. The maximum atomic E-state index is 14.4. The number of halogens is 2. The second-order valence-electron chi connectivity index (χ2n) is 11.9. The lowest BCUT2D eigenvalue weighted by atomic mass is 10.0. The van der Waals surface area contributed by atoms with E-state index in [-0.39, 0.29) is 29.4 Å². The Balaban J connectivity index is 1.25. The van der Waals surface area contributed by atoms with Crippen LogP contribution in [-0.2, 0) is 24.6 Å².